The van der Waals surface area contributed by atoms with Crippen LogP contribution in [0.15, 0.2) is 34.9 Å². The minimum absolute atomic E-state index is 1.07. The average Bonchev–Trinajstić information content (AvgIpc) is 2.25. The highest BCUT2D eigenvalue weighted by molar-refractivity contribution is 9.09. The van der Waals surface area contributed by atoms with E-state index in [0.717, 1.165) is 11.8 Å². The minimum Gasteiger partial charge on any atom is -0.0925 e. The molecule has 1 heteroatoms. The second kappa shape index (κ2) is 10.8. The van der Waals surface area contributed by atoms with E-state index in [4.69, 9.17) is 0 Å². The maximum Gasteiger partial charge on any atom is 0.00660 e. The molecule has 0 fully saturated rings. The van der Waals surface area contributed by atoms with E-state index in [0.29, 0.717) is 0 Å². The van der Waals surface area contributed by atoms with Gasteiger partial charge in [0.15, 0.2) is 0 Å². The highest BCUT2D eigenvalue weighted by atomic mass is 79.9. The predicted molar refractivity (Wildman–Crippen MR) is 83.8 cm³/mol. The molecule has 0 N–H and O–H groups in total. The van der Waals surface area contributed by atoms with Crippen molar-refractivity contribution in [3.63, 3.8) is 0 Å². The molecule has 0 saturated heterocycles. The van der Waals surface area contributed by atoms with Gasteiger partial charge in [-0.25, -0.2) is 0 Å². The van der Waals surface area contributed by atoms with Crippen LogP contribution >= 0.6 is 15.9 Å². The predicted octanol–water partition coefficient (Wildman–Crippen LogP) is 6.19. The van der Waals surface area contributed by atoms with E-state index in [1.54, 1.807) is 0 Å². The SMILES string of the molecule is CC(C)=CCC/C(C)=C/CC/C(C)=C/CCBr. The van der Waals surface area contributed by atoms with Crippen molar-refractivity contribution in [2.24, 2.45) is 0 Å². The Hall–Kier alpha value is -0.300. The first-order chi connectivity index (χ1) is 8.06. The molecule has 0 aliphatic carbocycles. The Labute approximate surface area is 116 Å². The van der Waals surface area contributed by atoms with Crippen molar-refractivity contribution in [1.82, 2.24) is 0 Å². The summed E-state index contributed by atoms with van der Waals surface area (Å²) in [7, 11) is 0. The molecule has 0 aliphatic rings. The molecule has 0 amide bonds. The second-order valence-electron chi connectivity index (χ2n) is 4.94. The summed E-state index contributed by atoms with van der Waals surface area (Å²) < 4.78 is 0. The minimum atomic E-state index is 1.07. The molecule has 0 aromatic rings. The largest absolute Gasteiger partial charge is 0.0925 e. The third-order valence-electron chi connectivity index (χ3n) is 2.72. The van der Waals surface area contributed by atoms with Crippen molar-refractivity contribution >= 4 is 15.9 Å². The quantitative estimate of drug-likeness (QED) is 0.370. The summed E-state index contributed by atoms with van der Waals surface area (Å²) >= 11 is 3.45. The van der Waals surface area contributed by atoms with Crippen LogP contribution in [-0.4, -0.2) is 5.33 Å². The van der Waals surface area contributed by atoms with Gasteiger partial charge in [0, 0.05) is 5.33 Å². The van der Waals surface area contributed by atoms with Gasteiger partial charge in [-0.2, -0.15) is 0 Å². The van der Waals surface area contributed by atoms with Crippen molar-refractivity contribution in [1.29, 1.82) is 0 Å². The molecule has 17 heavy (non-hydrogen) atoms. The number of hydrogen-bond acceptors (Lipinski definition) is 0. The van der Waals surface area contributed by atoms with Crippen LogP contribution in [0, 0.1) is 0 Å². The zero-order chi connectivity index (χ0) is 13.1. The van der Waals surface area contributed by atoms with E-state index in [9.17, 15) is 0 Å². The molecule has 0 bridgehead atoms. The third-order valence-corrected chi connectivity index (χ3v) is 3.18. The van der Waals surface area contributed by atoms with E-state index in [1.807, 2.05) is 0 Å². The molecule has 0 atom stereocenters. The van der Waals surface area contributed by atoms with E-state index in [1.165, 1.54) is 42.4 Å². The van der Waals surface area contributed by atoms with Gasteiger partial charge in [0.1, 0.15) is 0 Å². The Kier molecular flexibility index (Phi) is 10.6. The molecule has 0 nitrogen and oxygen atoms in total. The summed E-state index contributed by atoms with van der Waals surface area (Å²) in [6.45, 7) is 8.81. The van der Waals surface area contributed by atoms with Gasteiger partial charge in [-0.05, 0) is 59.8 Å². The lowest BCUT2D eigenvalue weighted by Crippen LogP contribution is -1.81. The molecule has 0 aromatic heterocycles. The van der Waals surface area contributed by atoms with Crippen molar-refractivity contribution in [3.8, 4) is 0 Å². The molecule has 98 valence electrons. The zero-order valence-corrected chi connectivity index (χ0v) is 13.4. The lowest BCUT2D eigenvalue weighted by atomic mass is 10.1. The van der Waals surface area contributed by atoms with Gasteiger partial charge in [-0.3, -0.25) is 0 Å². The van der Waals surface area contributed by atoms with Gasteiger partial charge < -0.3 is 0 Å². The number of alkyl halides is 1. The van der Waals surface area contributed by atoms with Crippen LogP contribution in [0.4, 0.5) is 0 Å². The van der Waals surface area contributed by atoms with Gasteiger partial charge in [-0.15, -0.1) is 0 Å². The molecular formula is C16H27Br. The maximum atomic E-state index is 3.45. The molecule has 0 spiro atoms. The first-order valence-electron chi connectivity index (χ1n) is 6.57. The summed E-state index contributed by atoms with van der Waals surface area (Å²) in [5.74, 6) is 0. The Morgan fingerprint density at radius 2 is 1.24 bits per heavy atom. The van der Waals surface area contributed by atoms with Gasteiger partial charge in [0.25, 0.3) is 0 Å². The average molecular weight is 299 g/mol. The van der Waals surface area contributed by atoms with Gasteiger partial charge in [0.05, 0.1) is 0 Å². The van der Waals surface area contributed by atoms with Gasteiger partial charge >= 0.3 is 0 Å². The Morgan fingerprint density at radius 3 is 1.71 bits per heavy atom. The standard InChI is InChI=1S/C16H27Br/c1-14(2)8-5-9-15(3)10-6-11-16(4)12-7-13-17/h8,10,12H,5-7,9,11,13H2,1-4H3/b15-10+,16-12+. The summed E-state index contributed by atoms with van der Waals surface area (Å²) in [5, 5.41) is 1.07. The lowest BCUT2D eigenvalue weighted by Gasteiger charge is -2.01. The van der Waals surface area contributed by atoms with Gasteiger partial charge in [0.2, 0.25) is 0 Å². The molecule has 0 rings (SSSR count). The highest BCUT2D eigenvalue weighted by Crippen LogP contribution is 2.11. The molecule has 0 aromatic carbocycles. The number of rotatable bonds is 8. The monoisotopic (exact) mass is 298 g/mol. The van der Waals surface area contributed by atoms with Crippen LogP contribution < -0.4 is 0 Å². The number of allylic oxidation sites excluding steroid dienone is 6. The van der Waals surface area contributed by atoms with Crippen LogP contribution in [0.5, 0.6) is 0 Å². The Balaban J connectivity index is 3.80. The van der Waals surface area contributed by atoms with Gasteiger partial charge in [-0.1, -0.05) is 50.9 Å². The van der Waals surface area contributed by atoms with Crippen LogP contribution in [0.2, 0.25) is 0 Å². The molecule has 0 unspecified atom stereocenters. The Bertz CT molecular complexity index is 278. The van der Waals surface area contributed by atoms with Crippen LogP contribution in [0.1, 0.15) is 59.8 Å². The molecule has 0 aliphatic heterocycles. The molecular weight excluding hydrogens is 272 g/mol. The summed E-state index contributed by atoms with van der Waals surface area (Å²) in [5.41, 5.74) is 4.46. The number of hydrogen-bond donors (Lipinski definition) is 0. The first kappa shape index (κ1) is 16.7. The normalized spacial score (nSPS) is 12.8. The summed E-state index contributed by atoms with van der Waals surface area (Å²) in [4.78, 5) is 0. The molecule has 0 radical (unpaired) electrons. The van der Waals surface area contributed by atoms with E-state index in [-0.39, 0.29) is 0 Å². The second-order valence-corrected chi connectivity index (χ2v) is 5.73. The summed E-state index contributed by atoms with van der Waals surface area (Å²) in [6.07, 6.45) is 13.0. The number of halogens is 1. The smallest absolute Gasteiger partial charge is 0.00660 e. The van der Waals surface area contributed by atoms with Crippen LogP contribution in [-0.2, 0) is 0 Å². The van der Waals surface area contributed by atoms with E-state index >= 15 is 0 Å². The van der Waals surface area contributed by atoms with Crippen LogP contribution in [0.3, 0.4) is 0 Å². The van der Waals surface area contributed by atoms with Crippen molar-refractivity contribution in [2.45, 2.75) is 59.8 Å². The first-order valence-corrected chi connectivity index (χ1v) is 7.69. The fourth-order valence-electron chi connectivity index (χ4n) is 1.64. The maximum absolute atomic E-state index is 3.45. The zero-order valence-electron chi connectivity index (χ0n) is 11.9. The van der Waals surface area contributed by atoms with E-state index < -0.39 is 0 Å². The van der Waals surface area contributed by atoms with Crippen molar-refractivity contribution < 1.29 is 0 Å². The molecule has 0 saturated carbocycles. The highest BCUT2D eigenvalue weighted by Gasteiger charge is 1.91. The van der Waals surface area contributed by atoms with E-state index in [2.05, 4.69) is 61.9 Å². The lowest BCUT2D eigenvalue weighted by molar-refractivity contribution is 0.913. The topological polar surface area (TPSA) is 0 Å². The summed E-state index contributed by atoms with van der Waals surface area (Å²) in [6, 6.07) is 0. The van der Waals surface area contributed by atoms with Crippen LogP contribution in [0.25, 0.3) is 0 Å². The van der Waals surface area contributed by atoms with Crippen molar-refractivity contribution in [2.75, 3.05) is 5.33 Å². The van der Waals surface area contributed by atoms with Crippen molar-refractivity contribution in [3.05, 3.63) is 34.9 Å². The fraction of sp³-hybridized carbons (Fsp3) is 0.625. The fourth-order valence-corrected chi connectivity index (χ4v) is 1.87. The third kappa shape index (κ3) is 12.0. The Morgan fingerprint density at radius 1 is 0.765 bits per heavy atom. The molecule has 0 heterocycles.